The number of aliphatic hydroxyl groups is 1. The molecule has 1 spiro atoms. The van der Waals surface area contributed by atoms with Crippen molar-refractivity contribution >= 4 is 11.6 Å². The Bertz CT molecular complexity index is 697. The quantitative estimate of drug-likeness (QED) is 0.745. The number of ketones is 2. The number of hydrogen-bond acceptors (Lipinski definition) is 5. The number of aliphatic hydroxyl groups excluding tert-OH is 1. The van der Waals surface area contributed by atoms with Gasteiger partial charge in [-0.05, 0) is 62.2 Å². The van der Waals surface area contributed by atoms with Gasteiger partial charge in [0.25, 0.3) is 0 Å². The molecule has 5 heteroatoms. The molecule has 5 aliphatic rings. The van der Waals surface area contributed by atoms with E-state index in [4.69, 9.17) is 9.47 Å². The molecule has 1 saturated heterocycles. The second-order valence-corrected chi connectivity index (χ2v) is 10.8. The lowest BCUT2D eigenvalue weighted by atomic mass is 9.43. The standard InChI is InChI=1S/C23H34O5/c1-13(24)16-6-7-17-15-5-4-14-10-23(27-8-9-28-23)12-19(26)22(14,3)20(15)18(25)11-21(16,17)2/h14-18,20,25H,4-12H2,1-3H3/t14-,15+,16+,17+,18+,20+,21+,22-/m0/s1. The Kier molecular flexibility index (Phi) is 4.19. The van der Waals surface area contributed by atoms with Gasteiger partial charge < -0.3 is 14.6 Å². The molecule has 4 aliphatic carbocycles. The van der Waals surface area contributed by atoms with Crippen LogP contribution in [-0.2, 0) is 19.1 Å². The van der Waals surface area contributed by atoms with Crippen LogP contribution in [0.4, 0.5) is 0 Å². The highest BCUT2D eigenvalue weighted by atomic mass is 16.7. The molecule has 0 aromatic carbocycles. The molecule has 156 valence electrons. The summed E-state index contributed by atoms with van der Waals surface area (Å²) in [5.41, 5.74) is -0.620. The fourth-order valence-electron chi connectivity index (χ4n) is 8.56. The SMILES string of the molecule is CC(=O)[C@H]1CC[C@@H]2[C@H]3CC[C@H]4CC5(CC(=O)[C@@]4(C)[C@H]3[C@H](O)C[C@]12C)OCCO5. The number of rotatable bonds is 1. The topological polar surface area (TPSA) is 72.8 Å². The molecule has 5 fully saturated rings. The Labute approximate surface area is 167 Å². The Morgan fingerprint density at radius 2 is 1.79 bits per heavy atom. The second-order valence-electron chi connectivity index (χ2n) is 10.8. The van der Waals surface area contributed by atoms with Gasteiger partial charge in [-0.2, -0.15) is 0 Å². The van der Waals surface area contributed by atoms with Crippen molar-refractivity contribution in [1.82, 2.24) is 0 Å². The van der Waals surface area contributed by atoms with Crippen molar-refractivity contribution in [2.75, 3.05) is 13.2 Å². The molecule has 28 heavy (non-hydrogen) atoms. The van der Waals surface area contributed by atoms with Crippen LogP contribution in [0.25, 0.3) is 0 Å². The fraction of sp³-hybridized carbons (Fsp3) is 0.913. The Morgan fingerprint density at radius 3 is 2.46 bits per heavy atom. The van der Waals surface area contributed by atoms with Crippen molar-refractivity contribution in [3.05, 3.63) is 0 Å². The van der Waals surface area contributed by atoms with E-state index >= 15 is 0 Å². The largest absolute Gasteiger partial charge is 0.393 e. The molecule has 4 saturated carbocycles. The van der Waals surface area contributed by atoms with Crippen LogP contribution >= 0.6 is 0 Å². The molecule has 5 nitrogen and oxygen atoms in total. The second kappa shape index (κ2) is 6.12. The Hall–Kier alpha value is -0.780. The van der Waals surface area contributed by atoms with Gasteiger partial charge in [-0.15, -0.1) is 0 Å². The minimum absolute atomic E-state index is 0.00119. The predicted molar refractivity (Wildman–Crippen MR) is 102 cm³/mol. The molecule has 0 amide bonds. The monoisotopic (exact) mass is 390 g/mol. The van der Waals surface area contributed by atoms with Crippen LogP contribution in [0.2, 0.25) is 0 Å². The van der Waals surface area contributed by atoms with E-state index in [2.05, 4.69) is 13.8 Å². The summed E-state index contributed by atoms with van der Waals surface area (Å²) < 4.78 is 11.8. The highest BCUT2D eigenvalue weighted by Crippen LogP contribution is 2.67. The van der Waals surface area contributed by atoms with Crippen molar-refractivity contribution in [1.29, 1.82) is 0 Å². The first-order chi connectivity index (χ1) is 13.2. The lowest BCUT2D eigenvalue weighted by molar-refractivity contribution is -0.231. The summed E-state index contributed by atoms with van der Waals surface area (Å²) in [7, 11) is 0. The van der Waals surface area contributed by atoms with E-state index in [0.717, 1.165) is 32.1 Å². The fourth-order valence-corrected chi connectivity index (χ4v) is 8.56. The van der Waals surface area contributed by atoms with Gasteiger partial charge in [-0.25, -0.2) is 0 Å². The van der Waals surface area contributed by atoms with Gasteiger partial charge in [-0.1, -0.05) is 13.8 Å². The lowest BCUT2D eigenvalue weighted by Gasteiger charge is -2.62. The maximum absolute atomic E-state index is 13.5. The zero-order valence-electron chi connectivity index (χ0n) is 17.4. The first kappa shape index (κ1) is 19.2. The van der Waals surface area contributed by atoms with Crippen LogP contribution in [0.5, 0.6) is 0 Å². The minimum Gasteiger partial charge on any atom is -0.393 e. The molecule has 1 N–H and O–H groups in total. The maximum Gasteiger partial charge on any atom is 0.175 e. The maximum atomic E-state index is 13.5. The first-order valence-corrected chi connectivity index (χ1v) is 11.2. The van der Waals surface area contributed by atoms with Gasteiger partial charge in [0.1, 0.15) is 11.6 Å². The van der Waals surface area contributed by atoms with E-state index in [9.17, 15) is 14.7 Å². The molecule has 0 unspecified atom stereocenters. The molecule has 0 radical (unpaired) electrons. The van der Waals surface area contributed by atoms with Crippen molar-refractivity contribution in [3.8, 4) is 0 Å². The normalized spacial score (nSPS) is 52.2. The van der Waals surface area contributed by atoms with Gasteiger partial charge in [0.2, 0.25) is 0 Å². The summed E-state index contributed by atoms with van der Waals surface area (Å²) >= 11 is 0. The number of fused-ring (bicyclic) bond motifs is 5. The van der Waals surface area contributed by atoms with Crippen molar-refractivity contribution in [2.45, 2.75) is 77.6 Å². The number of Topliss-reactive ketones (excluding diaryl/α,β-unsaturated/α-hetero) is 2. The Balaban J connectivity index is 1.49. The number of ether oxygens (including phenoxy) is 2. The van der Waals surface area contributed by atoms with Crippen molar-refractivity contribution in [2.24, 2.45) is 40.4 Å². The highest BCUT2D eigenvalue weighted by molar-refractivity contribution is 5.87. The third-order valence-corrected chi connectivity index (χ3v) is 9.73. The van der Waals surface area contributed by atoms with Crippen LogP contribution < -0.4 is 0 Å². The van der Waals surface area contributed by atoms with Crippen molar-refractivity contribution < 1.29 is 24.2 Å². The zero-order valence-corrected chi connectivity index (χ0v) is 17.4. The van der Waals surface area contributed by atoms with Crippen LogP contribution in [0, 0.1) is 40.4 Å². The molecular formula is C23H34O5. The Morgan fingerprint density at radius 1 is 1.07 bits per heavy atom. The van der Waals surface area contributed by atoms with Crippen LogP contribution in [0.3, 0.4) is 0 Å². The molecule has 0 bridgehead atoms. The summed E-state index contributed by atoms with van der Waals surface area (Å²) in [5.74, 6) is 0.807. The van der Waals surface area contributed by atoms with Gasteiger partial charge in [0.15, 0.2) is 5.79 Å². The molecule has 8 atom stereocenters. The van der Waals surface area contributed by atoms with Gasteiger partial charge in [0, 0.05) is 23.7 Å². The molecule has 1 aliphatic heterocycles. The molecule has 0 aromatic rings. The van der Waals surface area contributed by atoms with Crippen LogP contribution in [-0.4, -0.2) is 41.8 Å². The smallest absolute Gasteiger partial charge is 0.175 e. The summed E-state index contributed by atoms with van der Waals surface area (Å²) in [4.78, 5) is 25.8. The zero-order chi connectivity index (χ0) is 19.9. The minimum atomic E-state index is -0.713. The predicted octanol–water partition coefficient (Wildman–Crippen LogP) is 3.13. The van der Waals surface area contributed by atoms with Gasteiger partial charge >= 0.3 is 0 Å². The molecular weight excluding hydrogens is 356 g/mol. The molecule has 1 heterocycles. The van der Waals surface area contributed by atoms with Gasteiger partial charge in [-0.3, -0.25) is 9.59 Å². The van der Waals surface area contributed by atoms with Gasteiger partial charge in [0.05, 0.1) is 25.7 Å². The number of hydrogen-bond donors (Lipinski definition) is 1. The van der Waals surface area contributed by atoms with E-state index in [1.165, 1.54) is 0 Å². The first-order valence-electron chi connectivity index (χ1n) is 11.2. The number of carbonyl (C=O) groups excluding carboxylic acids is 2. The van der Waals surface area contributed by atoms with E-state index in [1.54, 1.807) is 6.92 Å². The van der Waals surface area contributed by atoms with E-state index in [-0.39, 0.29) is 34.7 Å². The molecule has 5 rings (SSSR count). The average molecular weight is 391 g/mol. The van der Waals surface area contributed by atoms with E-state index < -0.39 is 17.3 Å². The van der Waals surface area contributed by atoms with E-state index in [1.807, 2.05) is 0 Å². The number of carbonyl (C=O) groups is 2. The summed E-state index contributed by atoms with van der Waals surface area (Å²) in [5, 5.41) is 11.4. The summed E-state index contributed by atoms with van der Waals surface area (Å²) in [6.45, 7) is 7.18. The van der Waals surface area contributed by atoms with Crippen molar-refractivity contribution in [3.63, 3.8) is 0 Å². The van der Waals surface area contributed by atoms with E-state index in [0.29, 0.717) is 37.9 Å². The third kappa shape index (κ3) is 2.36. The van der Waals surface area contributed by atoms with Crippen LogP contribution in [0.1, 0.15) is 65.7 Å². The summed E-state index contributed by atoms with van der Waals surface area (Å²) in [6.07, 6.45) is 5.24. The average Bonchev–Trinajstić information content (AvgIpc) is 3.20. The lowest BCUT2D eigenvalue weighted by Crippen LogP contribution is -2.64. The van der Waals surface area contributed by atoms with Crippen LogP contribution in [0.15, 0.2) is 0 Å². The summed E-state index contributed by atoms with van der Waals surface area (Å²) in [6, 6.07) is 0. The third-order valence-electron chi connectivity index (χ3n) is 9.73. The highest BCUT2D eigenvalue weighted by Gasteiger charge is 2.67. The molecule has 0 aromatic heterocycles.